The smallest absolute Gasteiger partial charge is 0.206 e. The molecule has 4 aromatic carbocycles. The van der Waals surface area contributed by atoms with Crippen molar-refractivity contribution in [3.05, 3.63) is 83.9 Å². The van der Waals surface area contributed by atoms with Crippen molar-refractivity contribution in [2.24, 2.45) is 0 Å². The molecule has 0 fully saturated rings. The van der Waals surface area contributed by atoms with Crippen LogP contribution in [0.1, 0.15) is 11.1 Å². The molecule has 0 saturated heterocycles. The summed E-state index contributed by atoms with van der Waals surface area (Å²) in [4.78, 5) is 0.165. The molecule has 4 N–H and O–H groups in total. The van der Waals surface area contributed by atoms with E-state index >= 15 is 0 Å². The van der Waals surface area contributed by atoms with Gasteiger partial charge in [0.1, 0.15) is 0 Å². The third kappa shape index (κ3) is 4.10. The molecule has 0 radical (unpaired) electrons. The molecule has 6 nitrogen and oxygen atoms in total. The first kappa shape index (κ1) is 22.2. The average Bonchev–Trinajstić information content (AvgIpc) is 2.78. The van der Waals surface area contributed by atoms with Crippen molar-refractivity contribution < 1.29 is 28.8 Å². The lowest BCUT2D eigenvalue weighted by molar-refractivity contribution is 0.404. The molecule has 33 heavy (non-hydrogen) atoms. The summed E-state index contributed by atoms with van der Waals surface area (Å²) in [5.41, 5.74) is 3.99. The number of phenols is 4. The van der Waals surface area contributed by atoms with Crippen molar-refractivity contribution in [1.82, 2.24) is 0 Å². The van der Waals surface area contributed by atoms with Crippen LogP contribution < -0.4 is 0 Å². The number of phenolic OH excluding ortho intramolecular Hbond substituents is 4. The topological polar surface area (TPSA) is 115 Å². The van der Waals surface area contributed by atoms with Crippen LogP contribution in [-0.2, 0) is 9.84 Å². The van der Waals surface area contributed by atoms with Gasteiger partial charge in [-0.05, 0) is 95.8 Å². The van der Waals surface area contributed by atoms with Crippen LogP contribution >= 0.6 is 0 Å². The van der Waals surface area contributed by atoms with Gasteiger partial charge in [0.15, 0.2) is 23.0 Å². The Morgan fingerprint density at radius 3 is 1.27 bits per heavy atom. The van der Waals surface area contributed by atoms with Crippen molar-refractivity contribution in [2.75, 3.05) is 0 Å². The molecule has 0 aliphatic rings. The lowest BCUT2D eigenvalue weighted by atomic mass is 10.0. The summed E-state index contributed by atoms with van der Waals surface area (Å²) in [5, 5.41) is 38.9. The fourth-order valence-corrected chi connectivity index (χ4v) is 4.99. The lowest BCUT2D eigenvalue weighted by Gasteiger charge is -2.13. The highest BCUT2D eigenvalue weighted by atomic mass is 32.2. The maximum absolute atomic E-state index is 13.5. The number of aromatic hydroxyl groups is 4. The van der Waals surface area contributed by atoms with Gasteiger partial charge in [-0.1, -0.05) is 24.3 Å². The molecule has 168 valence electrons. The maximum Gasteiger partial charge on any atom is 0.206 e. The van der Waals surface area contributed by atoms with Gasteiger partial charge in [0.05, 0.1) is 9.79 Å². The monoisotopic (exact) mass is 462 g/mol. The van der Waals surface area contributed by atoms with Gasteiger partial charge in [0.2, 0.25) is 9.84 Å². The Morgan fingerprint density at radius 2 is 0.909 bits per heavy atom. The Hall–Kier alpha value is -3.97. The van der Waals surface area contributed by atoms with Crippen LogP contribution in [0.4, 0.5) is 0 Å². The van der Waals surface area contributed by atoms with Crippen molar-refractivity contribution in [3.63, 3.8) is 0 Å². The highest BCUT2D eigenvalue weighted by Gasteiger charge is 2.21. The summed E-state index contributed by atoms with van der Waals surface area (Å²) in [7, 11) is -3.89. The van der Waals surface area contributed by atoms with Gasteiger partial charge in [-0.3, -0.25) is 0 Å². The van der Waals surface area contributed by atoms with Crippen molar-refractivity contribution in [3.8, 4) is 45.3 Å². The number of sulfone groups is 1. The Labute approximate surface area is 191 Å². The molecular formula is C26H22O6S. The number of hydrogen-bond acceptors (Lipinski definition) is 6. The summed E-state index contributed by atoms with van der Waals surface area (Å²) < 4.78 is 27.0. The van der Waals surface area contributed by atoms with E-state index in [2.05, 4.69) is 0 Å². The first-order chi connectivity index (χ1) is 15.6. The molecule has 0 aliphatic carbocycles. The van der Waals surface area contributed by atoms with Gasteiger partial charge in [-0.15, -0.1) is 0 Å². The second-order valence-corrected chi connectivity index (χ2v) is 9.81. The first-order valence-corrected chi connectivity index (χ1v) is 11.6. The Kier molecular flexibility index (Phi) is 5.51. The maximum atomic E-state index is 13.5. The summed E-state index contributed by atoms with van der Waals surface area (Å²) in [5.74, 6) is -1.10. The Bertz CT molecular complexity index is 1380. The van der Waals surface area contributed by atoms with E-state index < -0.39 is 9.84 Å². The van der Waals surface area contributed by atoms with Crippen LogP contribution in [0.2, 0.25) is 0 Å². The second kappa shape index (κ2) is 8.18. The van der Waals surface area contributed by atoms with E-state index in [9.17, 15) is 28.8 Å². The zero-order valence-corrected chi connectivity index (χ0v) is 18.8. The number of benzene rings is 4. The van der Waals surface area contributed by atoms with Gasteiger partial charge < -0.3 is 20.4 Å². The van der Waals surface area contributed by atoms with Gasteiger partial charge in [-0.2, -0.15) is 0 Å². The summed E-state index contributed by atoms with van der Waals surface area (Å²) in [6.45, 7) is 3.66. The molecule has 7 heteroatoms. The molecule has 0 spiro atoms. The van der Waals surface area contributed by atoms with Gasteiger partial charge in [-0.25, -0.2) is 8.42 Å². The van der Waals surface area contributed by atoms with E-state index in [1.54, 1.807) is 36.4 Å². The number of aryl methyl sites for hydroxylation is 2. The zero-order valence-electron chi connectivity index (χ0n) is 17.9. The molecule has 0 atom stereocenters. The summed E-state index contributed by atoms with van der Waals surface area (Å²) in [6, 6.07) is 18.2. The van der Waals surface area contributed by atoms with Crippen LogP contribution in [0.15, 0.2) is 82.6 Å². The van der Waals surface area contributed by atoms with Gasteiger partial charge >= 0.3 is 0 Å². The molecule has 0 heterocycles. The SMILES string of the molecule is Cc1ccc(S(=O)(=O)c2ccc(C)c(-c3ccc(O)c(O)c3)c2)cc1-c1ccc(O)c(O)c1. The standard InChI is InChI=1S/C26H22O6S/c1-15-3-7-19(13-21(15)17-5-9-23(27)25(29)11-17)33(31,32)20-8-4-16(2)22(14-20)18-6-10-24(28)26(30)12-18/h3-14,27-30H,1-2H3. The fraction of sp³-hybridized carbons (Fsp3) is 0.0769. The molecule has 0 bridgehead atoms. The first-order valence-electron chi connectivity index (χ1n) is 10.1. The summed E-state index contributed by atoms with van der Waals surface area (Å²) >= 11 is 0. The van der Waals surface area contributed by atoms with Crippen molar-refractivity contribution >= 4 is 9.84 Å². The van der Waals surface area contributed by atoms with E-state index in [1.165, 1.54) is 36.4 Å². The third-order valence-electron chi connectivity index (χ3n) is 5.61. The largest absolute Gasteiger partial charge is 0.504 e. The normalized spacial score (nSPS) is 11.5. The zero-order chi connectivity index (χ0) is 23.9. The lowest BCUT2D eigenvalue weighted by Crippen LogP contribution is -2.03. The van der Waals surface area contributed by atoms with Crippen LogP contribution in [0.5, 0.6) is 23.0 Å². The highest BCUT2D eigenvalue weighted by molar-refractivity contribution is 7.91. The minimum atomic E-state index is -3.89. The molecule has 0 unspecified atom stereocenters. The van der Waals surface area contributed by atoms with E-state index in [-0.39, 0.29) is 32.8 Å². The number of hydrogen-bond donors (Lipinski definition) is 4. The van der Waals surface area contributed by atoms with E-state index in [0.717, 1.165) is 11.1 Å². The van der Waals surface area contributed by atoms with E-state index in [1.807, 2.05) is 13.8 Å². The predicted octanol–water partition coefficient (Wildman–Crippen LogP) is 5.29. The van der Waals surface area contributed by atoms with E-state index in [4.69, 9.17) is 0 Å². The molecule has 0 saturated carbocycles. The Morgan fingerprint density at radius 1 is 0.515 bits per heavy atom. The third-order valence-corrected chi connectivity index (χ3v) is 7.36. The van der Waals surface area contributed by atoms with Crippen LogP contribution in [0.3, 0.4) is 0 Å². The fourth-order valence-electron chi connectivity index (χ4n) is 3.68. The minimum absolute atomic E-state index is 0.0824. The highest BCUT2D eigenvalue weighted by Crippen LogP contribution is 2.36. The number of rotatable bonds is 4. The summed E-state index contributed by atoms with van der Waals surface area (Å²) in [6.07, 6.45) is 0. The second-order valence-electron chi connectivity index (χ2n) is 7.86. The van der Waals surface area contributed by atoms with Crippen molar-refractivity contribution in [2.45, 2.75) is 23.6 Å². The van der Waals surface area contributed by atoms with Gasteiger partial charge in [0.25, 0.3) is 0 Å². The van der Waals surface area contributed by atoms with Crippen LogP contribution in [-0.4, -0.2) is 28.8 Å². The molecule has 0 aliphatic heterocycles. The Balaban J connectivity index is 1.82. The van der Waals surface area contributed by atoms with E-state index in [0.29, 0.717) is 22.3 Å². The van der Waals surface area contributed by atoms with Crippen molar-refractivity contribution in [1.29, 1.82) is 0 Å². The van der Waals surface area contributed by atoms with Crippen LogP contribution in [0.25, 0.3) is 22.3 Å². The predicted molar refractivity (Wildman–Crippen MR) is 125 cm³/mol. The minimum Gasteiger partial charge on any atom is -0.504 e. The van der Waals surface area contributed by atoms with Gasteiger partial charge in [0, 0.05) is 0 Å². The average molecular weight is 463 g/mol. The molecule has 4 rings (SSSR count). The quantitative estimate of drug-likeness (QED) is 0.306. The molecule has 0 aromatic heterocycles. The molecule has 0 amide bonds. The molecular weight excluding hydrogens is 440 g/mol. The van der Waals surface area contributed by atoms with Crippen LogP contribution in [0, 0.1) is 13.8 Å². The molecule has 4 aromatic rings.